The second-order valence-electron chi connectivity index (χ2n) is 5.60. The largest absolute Gasteiger partial charge is 0.372 e. The van der Waals surface area contributed by atoms with Crippen LogP contribution in [0.15, 0.2) is 30.7 Å². The number of benzene rings is 1. The summed E-state index contributed by atoms with van der Waals surface area (Å²) >= 11 is 0. The molecule has 1 N–H and O–H groups in total. The van der Waals surface area contributed by atoms with Crippen LogP contribution in [0.5, 0.6) is 0 Å². The van der Waals surface area contributed by atoms with E-state index in [1.165, 1.54) is 12.1 Å². The van der Waals surface area contributed by atoms with Crippen molar-refractivity contribution in [3.8, 4) is 0 Å². The van der Waals surface area contributed by atoms with E-state index in [1.807, 2.05) is 0 Å². The highest BCUT2D eigenvalue weighted by Gasteiger charge is 2.20. The van der Waals surface area contributed by atoms with Gasteiger partial charge in [-0.05, 0) is 18.9 Å². The molecule has 1 aromatic carbocycles. The molecular formula is C16H19F2N3O. The Kier molecular flexibility index (Phi) is 4.80. The van der Waals surface area contributed by atoms with Gasteiger partial charge in [0.2, 0.25) is 0 Å². The minimum Gasteiger partial charge on any atom is -0.372 e. The second kappa shape index (κ2) is 6.98. The molecular weight excluding hydrogens is 288 g/mol. The maximum Gasteiger partial charge on any atom is 0.130 e. The molecule has 0 bridgehead atoms. The Hall–Kier alpha value is -1.79. The Morgan fingerprint density at radius 3 is 2.77 bits per heavy atom. The van der Waals surface area contributed by atoms with Crippen LogP contribution >= 0.6 is 0 Å². The summed E-state index contributed by atoms with van der Waals surface area (Å²) in [6.45, 7) is 2.76. The number of likely N-dealkylation sites (tertiary alicyclic amines) is 1. The molecule has 0 radical (unpaired) electrons. The maximum atomic E-state index is 13.7. The van der Waals surface area contributed by atoms with E-state index in [9.17, 15) is 8.78 Å². The van der Waals surface area contributed by atoms with Crippen molar-refractivity contribution in [3.63, 3.8) is 0 Å². The first kappa shape index (κ1) is 15.1. The van der Waals surface area contributed by atoms with Crippen LogP contribution in [0, 0.1) is 11.6 Å². The first-order valence-corrected chi connectivity index (χ1v) is 7.46. The van der Waals surface area contributed by atoms with E-state index in [-0.39, 0.29) is 6.10 Å². The van der Waals surface area contributed by atoms with Gasteiger partial charge in [-0.2, -0.15) is 0 Å². The lowest BCUT2D eigenvalue weighted by Gasteiger charge is -2.31. The number of hydrogen-bond donors (Lipinski definition) is 1. The third kappa shape index (κ3) is 3.90. The zero-order valence-corrected chi connectivity index (χ0v) is 12.3. The minimum absolute atomic E-state index is 0.220. The SMILES string of the molecule is Fc1ccc(CN2CCC(OCc3cnc[nH]3)CC2)c(F)c1. The van der Waals surface area contributed by atoms with Gasteiger partial charge in [0.1, 0.15) is 11.6 Å². The maximum absolute atomic E-state index is 13.7. The van der Waals surface area contributed by atoms with Crippen LogP contribution < -0.4 is 0 Å². The number of nitrogens with one attached hydrogen (secondary N) is 1. The molecule has 1 aliphatic heterocycles. The number of piperidine rings is 1. The number of imidazole rings is 1. The molecule has 22 heavy (non-hydrogen) atoms. The monoisotopic (exact) mass is 307 g/mol. The molecule has 1 aliphatic rings. The molecule has 1 fully saturated rings. The third-order valence-electron chi connectivity index (χ3n) is 3.97. The van der Waals surface area contributed by atoms with Gasteiger partial charge in [-0.15, -0.1) is 0 Å². The number of hydrogen-bond acceptors (Lipinski definition) is 3. The lowest BCUT2D eigenvalue weighted by molar-refractivity contribution is -0.00526. The van der Waals surface area contributed by atoms with Gasteiger partial charge in [0, 0.05) is 31.3 Å². The Balaban J connectivity index is 1.45. The summed E-state index contributed by atoms with van der Waals surface area (Å²) in [6.07, 6.45) is 5.44. The van der Waals surface area contributed by atoms with E-state index in [0.29, 0.717) is 18.7 Å². The van der Waals surface area contributed by atoms with Gasteiger partial charge in [0.05, 0.1) is 30.9 Å². The van der Waals surface area contributed by atoms with Crippen LogP contribution in [0.1, 0.15) is 24.1 Å². The van der Waals surface area contributed by atoms with E-state index in [1.54, 1.807) is 12.5 Å². The van der Waals surface area contributed by atoms with Crippen molar-refractivity contribution in [2.24, 2.45) is 0 Å². The Bertz CT molecular complexity index is 595. The van der Waals surface area contributed by atoms with Gasteiger partial charge in [-0.3, -0.25) is 4.90 Å². The molecule has 3 rings (SSSR count). The van der Waals surface area contributed by atoms with Crippen LogP contribution in [0.2, 0.25) is 0 Å². The van der Waals surface area contributed by atoms with Crippen LogP contribution in [0.25, 0.3) is 0 Å². The van der Waals surface area contributed by atoms with E-state index in [2.05, 4.69) is 14.9 Å². The zero-order chi connectivity index (χ0) is 15.4. The first-order chi connectivity index (χ1) is 10.7. The fraction of sp³-hybridized carbons (Fsp3) is 0.438. The molecule has 0 aliphatic carbocycles. The average Bonchev–Trinajstić information content (AvgIpc) is 3.03. The molecule has 0 spiro atoms. The van der Waals surface area contributed by atoms with E-state index in [4.69, 9.17) is 4.74 Å². The fourth-order valence-corrected chi connectivity index (χ4v) is 2.70. The second-order valence-corrected chi connectivity index (χ2v) is 5.60. The van der Waals surface area contributed by atoms with Crippen molar-refractivity contribution in [1.82, 2.24) is 14.9 Å². The van der Waals surface area contributed by atoms with Gasteiger partial charge < -0.3 is 9.72 Å². The van der Waals surface area contributed by atoms with E-state index < -0.39 is 11.6 Å². The fourth-order valence-electron chi connectivity index (χ4n) is 2.70. The third-order valence-corrected chi connectivity index (χ3v) is 3.97. The Labute approximate surface area is 128 Å². The number of aromatic nitrogens is 2. The summed E-state index contributed by atoms with van der Waals surface area (Å²) in [5.74, 6) is -1.01. The number of halogens is 2. The summed E-state index contributed by atoms with van der Waals surface area (Å²) in [7, 11) is 0. The van der Waals surface area contributed by atoms with Crippen LogP contribution in [0.4, 0.5) is 8.78 Å². The summed E-state index contributed by atoms with van der Waals surface area (Å²) in [6, 6.07) is 3.76. The number of aromatic amines is 1. The predicted octanol–water partition coefficient (Wildman–Crippen LogP) is 2.87. The van der Waals surface area contributed by atoms with Crippen LogP contribution in [-0.2, 0) is 17.9 Å². The molecule has 118 valence electrons. The van der Waals surface area contributed by atoms with Crippen molar-refractivity contribution < 1.29 is 13.5 Å². The Morgan fingerprint density at radius 2 is 2.09 bits per heavy atom. The molecule has 0 saturated carbocycles. The molecule has 0 unspecified atom stereocenters. The van der Waals surface area contributed by atoms with Gasteiger partial charge in [0.25, 0.3) is 0 Å². The lowest BCUT2D eigenvalue weighted by Crippen LogP contribution is -2.36. The molecule has 0 amide bonds. The molecule has 1 aromatic heterocycles. The number of ether oxygens (including phenoxy) is 1. The summed E-state index contributed by atoms with van der Waals surface area (Å²) in [5.41, 5.74) is 1.51. The predicted molar refractivity (Wildman–Crippen MR) is 78.0 cm³/mol. The van der Waals surface area contributed by atoms with Crippen molar-refractivity contribution in [1.29, 1.82) is 0 Å². The highest BCUT2D eigenvalue weighted by atomic mass is 19.1. The quantitative estimate of drug-likeness (QED) is 0.923. The van der Waals surface area contributed by atoms with Crippen molar-refractivity contribution in [2.75, 3.05) is 13.1 Å². The van der Waals surface area contributed by atoms with E-state index >= 15 is 0 Å². The van der Waals surface area contributed by atoms with Crippen LogP contribution in [0.3, 0.4) is 0 Å². The normalized spacial score (nSPS) is 17.0. The van der Waals surface area contributed by atoms with E-state index in [0.717, 1.165) is 37.7 Å². The first-order valence-electron chi connectivity index (χ1n) is 7.46. The molecule has 2 heterocycles. The molecule has 2 aromatic rings. The topological polar surface area (TPSA) is 41.1 Å². The lowest BCUT2D eigenvalue weighted by atomic mass is 10.1. The summed E-state index contributed by atoms with van der Waals surface area (Å²) in [5, 5.41) is 0. The summed E-state index contributed by atoms with van der Waals surface area (Å²) < 4.78 is 32.4. The minimum atomic E-state index is -0.535. The Morgan fingerprint density at radius 1 is 1.27 bits per heavy atom. The molecule has 1 saturated heterocycles. The van der Waals surface area contributed by atoms with Crippen molar-refractivity contribution in [3.05, 3.63) is 53.6 Å². The van der Waals surface area contributed by atoms with Crippen molar-refractivity contribution >= 4 is 0 Å². The van der Waals surface area contributed by atoms with Crippen LogP contribution in [-0.4, -0.2) is 34.1 Å². The number of H-pyrrole nitrogens is 1. The average molecular weight is 307 g/mol. The molecule has 0 atom stereocenters. The molecule has 6 heteroatoms. The van der Waals surface area contributed by atoms with Gasteiger partial charge in [-0.25, -0.2) is 13.8 Å². The highest BCUT2D eigenvalue weighted by Crippen LogP contribution is 2.19. The molecule has 4 nitrogen and oxygen atoms in total. The van der Waals surface area contributed by atoms with Crippen molar-refractivity contribution in [2.45, 2.75) is 32.1 Å². The number of rotatable bonds is 5. The highest BCUT2D eigenvalue weighted by molar-refractivity contribution is 5.18. The zero-order valence-electron chi connectivity index (χ0n) is 12.3. The number of nitrogens with zero attached hydrogens (tertiary/aromatic N) is 2. The van der Waals surface area contributed by atoms with Gasteiger partial charge in [0.15, 0.2) is 0 Å². The van der Waals surface area contributed by atoms with Gasteiger partial charge in [-0.1, -0.05) is 6.07 Å². The van der Waals surface area contributed by atoms with Gasteiger partial charge >= 0.3 is 0 Å². The summed E-state index contributed by atoms with van der Waals surface area (Å²) in [4.78, 5) is 9.14. The standard InChI is InChI=1S/C16H19F2N3O/c17-13-2-1-12(16(18)7-13)9-21-5-3-15(4-6-21)22-10-14-8-19-11-20-14/h1-2,7-8,11,15H,3-6,9-10H2,(H,19,20). The smallest absolute Gasteiger partial charge is 0.130 e.